The maximum atomic E-state index is 9.83. The Kier molecular flexibility index (Phi) is 9.54. The summed E-state index contributed by atoms with van der Waals surface area (Å²) in [6.07, 6.45) is 0.485. The Bertz CT molecular complexity index is 141. The maximum Gasteiger partial charge on any atom is 0.303 e. The number of carbonyl (C=O) groups is 1. The van der Waals surface area contributed by atoms with Crippen LogP contribution in [0.1, 0.15) is 12.8 Å². The van der Waals surface area contributed by atoms with Crippen molar-refractivity contribution < 1.29 is 9.90 Å². The van der Waals surface area contributed by atoms with Crippen molar-refractivity contribution in [3.8, 4) is 0 Å². The molecule has 10 heavy (non-hydrogen) atoms. The predicted molar refractivity (Wildman–Crippen MR) is 38.1 cm³/mol. The Balaban J connectivity index is 0. The third kappa shape index (κ3) is 10.1. The zero-order valence-corrected chi connectivity index (χ0v) is 6.04. The van der Waals surface area contributed by atoms with Crippen molar-refractivity contribution in [1.82, 2.24) is 0 Å². The van der Waals surface area contributed by atoms with Crippen molar-refractivity contribution >= 4 is 18.4 Å². The van der Waals surface area contributed by atoms with Gasteiger partial charge in [-0.05, 0) is 12.0 Å². The van der Waals surface area contributed by atoms with Crippen molar-refractivity contribution in [2.75, 3.05) is 6.54 Å². The number of nitrogens with zero attached hydrogens (tertiary/aromatic N) is 3. The quantitative estimate of drug-likeness (QED) is 0.297. The van der Waals surface area contributed by atoms with Crippen LogP contribution in [0.2, 0.25) is 0 Å². The molecule has 0 saturated carbocycles. The summed E-state index contributed by atoms with van der Waals surface area (Å²) in [5, 5.41) is 11.2. The maximum absolute atomic E-state index is 9.83. The third-order valence-corrected chi connectivity index (χ3v) is 0.712. The van der Waals surface area contributed by atoms with E-state index in [0.29, 0.717) is 6.42 Å². The SMILES string of the molecule is Cl.[N-]=[N+]=NCCCC(=O)O. The molecular weight excluding hydrogens is 158 g/mol. The number of hydrogen-bond acceptors (Lipinski definition) is 2. The van der Waals surface area contributed by atoms with E-state index in [9.17, 15) is 4.79 Å². The van der Waals surface area contributed by atoms with Crippen LogP contribution >= 0.6 is 12.4 Å². The summed E-state index contributed by atoms with van der Waals surface area (Å²) >= 11 is 0. The fourth-order valence-corrected chi connectivity index (χ4v) is 0.346. The summed E-state index contributed by atoms with van der Waals surface area (Å²) in [4.78, 5) is 12.3. The van der Waals surface area contributed by atoms with E-state index in [0.717, 1.165) is 0 Å². The predicted octanol–water partition coefficient (Wildman–Crippen LogP) is 1.58. The summed E-state index contributed by atoms with van der Waals surface area (Å²) in [6.45, 7) is 0.267. The number of carboxylic acids is 1. The third-order valence-electron chi connectivity index (χ3n) is 0.712. The van der Waals surface area contributed by atoms with E-state index in [2.05, 4.69) is 10.0 Å². The first-order valence-corrected chi connectivity index (χ1v) is 2.50. The van der Waals surface area contributed by atoms with Gasteiger partial charge in [0.25, 0.3) is 0 Å². The highest BCUT2D eigenvalue weighted by Crippen LogP contribution is 1.88. The van der Waals surface area contributed by atoms with Gasteiger partial charge in [-0.1, -0.05) is 5.11 Å². The highest BCUT2D eigenvalue weighted by Gasteiger charge is 1.92. The van der Waals surface area contributed by atoms with Crippen molar-refractivity contribution in [3.63, 3.8) is 0 Å². The molecule has 0 amide bonds. The largest absolute Gasteiger partial charge is 0.481 e. The zero-order chi connectivity index (χ0) is 7.11. The van der Waals surface area contributed by atoms with E-state index in [-0.39, 0.29) is 25.4 Å². The van der Waals surface area contributed by atoms with E-state index in [4.69, 9.17) is 10.6 Å². The first-order chi connectivity index (χ1) is 4.27. The first-order valence-electron chi connectivity index (χ1n) is 2.50. The molecule has 0 aliphatic carbocycles. The van der Waals surface area contributed by atoms with Gasteiger partial charge in [-0.2, -0.15) is 0 Å². The molecule has 0 aliphatic heterocycles. The molecule has 0 aromatic carbocycles. The lowest BCUT2D eigenvalue weighted by atomic mass is 10.3. The average molecular weight is 166 g/mol. The van der Waals surface area contributed by atoms with Gasteiger partial charge in [0.05, 0.1) is 0 Å². The Morgan fingerprint density at radius 1 is 1.70 bits per heavy atom. The second kappa shape index (κ2) is 8.07. The second-order valence-corrected chi connectivity index (χ2v) is 1.45. The van der Waals surface area contributed by atoms with Crippen LogP contribution in [0.3, 0.4) is 0 Å². The Labute approximate surface area is 64.1 Å². The molecule has 0 heterocycles. The van der Waals surface area contributed by atoms with Crippen molar-refractivity contribution in [3.05, 3.63) is 10.4 Å². The fraction of sp³-hybridized carbons (Fsp3) is 0.750. The Morgan fingerprint density at radius 3 is 2.70 bits per heavy atom. The number of halogens is 1. The summed E-state index contributed by atoms with van der Waals surface area (Å²) < 4.78 is 0. The Morgan fingerprint density at radius 2 is 2.30 bits per heavy atom. The van der Waals surface area contributed by atoms with Crippen LogP contribution in [0.15, 0.2) is 5.11 Å². The van der Waals surface area contributed by atoms with Crippen LogP contribution < -0.4 is 0 Å². The van der Waals surface area contributed by atoms with Gasteiger partial charge in [0, 0.05) is 17.9 Å². The lowest BCUT2D eigenvalue weighted by Crippen LogP contribution is -1.94. The van der Waals surface area contributed by atoms with Gasteiger partial charge in [0.2, 0.25) is 0 Å². The van der Waals surface area contributed by atoms with Crippen LogP contribution in [-0.2, 0) is 4.79 Å². The topological polar surface area (TPSA) is 86.1 Å². The number of rotatable bonds is 4. The monoisotopic (exact) mass is 165 g/mol. The van der Waals surface area contributed by atoms with Crippen molar-refractivity contribution in [1.29, 1.82) is 0 Å². The molecule has 0 aromatic heterocycles. The van der Waals surface area contributed by atoms with E-state index >= 15 is 0 Å². The van der Waals surface area contributed by atoms with Crippen LogP contribution in [0.25, 0.3) is 10.4 Å². The van der Waals surface area contributed by atoms with E-state index in [1.165, 1.54) is 0 Å². The molecule has 5 nitrogen and oxygen atoms in total. The average Bonchev–Trinajstić information content (AvgIpc) is 1.80. The van der Waals surface area contributed by atoms with Gasteiger partial charge in [0.1, 0.15) is 0 Å². The molecule has 0 spiro atoms. The summed E-state index contributed by atoms with van der Waals surface area (Å²) in [5.74, 6) is -0.858. The highest BCUT2D eigenvalue weighted by atomic mass is 35.5. The smallest absolute Gasteiger partial charge is 0.303 e. The molecule has 0 unspecified atom stereocenters. The van der Waals surface area contributed by atoms with E-state index in [1.807, 2.05) is 0 Å². The normalized spacial score (nSPS) is 7.20. The summed E-state index contributed by atoms with van der Waals surface area (Å²) in [6, 6.07) is 0. The summed E-state index contributed by atoms with van der Waals surface area (Å²) in [5.41, 5.74) is 7.74. The molecular formula is C4H8ClN3O2. The molecule has 6 heteroatoms. The molecule has 58 valence electrons. The molecule has 0 radical (unpaired) electrons. The lowest BCUT2D eigenvalue weighted by molar-refractivity contribution is -0.137. The number of azide groups is 1. The van der Waals surface area contributed by atoms with Crippen LogP contribution in [0, 0.1) is 0 Å². The Hall–Kier alpha value is -0.930. The molecule has 1 N–H and O–H groups in total. The first kappa shape index (κ1) is 11.8. The van der Waals surface area contributed by atoms with Gasteiger partial charge in [-0.15, -0.1) is 12.4 Å². The van der Waals surface area contributed by atoms with Crippen molar-refractivity contribution in [2.45, 2.75) is 12.8 Å². The molecule has 0 bridgehead atoms. The zero-order valence-electron chi connectivity index (χ0n) is 5.23. The molecule has 0 saturated heterocycles. The van der Waals surface area contributed by atoms with Gasteiger partial charge >= 0.3 is 5.97 Å². The number of aliphatic carboxylic acids is 1. The van der Waals surface area contributed by atoms with Crippen LogP contribution in [0.4, 0.5) is 0 Å². The standard InChI is InChI=1S/C4H7N3O2.ClH/c5-7-6-3-1-2-4(8)9;/h1-3H2,(H,8,9);1H. The number of carboxylic acid groups (broad SMARTS) is 1. The molecule has 0 aliphatic rings. The van der Waals surface area contributed by atoms with Gasteiger partial charge in [-0.25, -0.2) is 0 Å². The van der Waals surface area contributed by atoms with E-state index in [1.54, 1.807) is 0 Å². The minimum Gasteiger partial charge on any atom is -0.481 e. The van der Waals surface area contributed by atoms with Gasteiger partial charge in [0.15, 0.2) is 0 Å². The fourth-order valence-electron chi connectivity index (χ4n) is 0.346. The van der Waals surface area contributed by atoms with Crippen LogP contribution in [0.5, 0.6) is 0 Å². The lowest BCUT2D eigenvalue weighted by Gasteiger charge is -1.86. The van der Waals surface area contributed by atoms with E-state index < -0.39 is 5.97 Å². The molecule has 0 rings (SSSR count). The number of hydrogen-bond donors (Lipinski definition) is 1. The minimum absolute atomic E-state index is 0. The highest BCUT2D eigenvalue weighted by molar-refractivity contribution is 5.85. The van der Waals surface area contributed by atoms with Crippen molar-refractivity contribution in [2.24, 2.45) is 5.11 Å². The molecule has 0 fully saturated rings. The minimum atomic E-state index is -0.858. The molecule has 0 aromatic rings. The second-order valence-electron chi connectivity index (χ2n) is 1.45. The van der Waals surface area contributed by atoms with Gasteiger partial charge < -0.3 is 5.11 Å². The summed E-state index contributed by atoms with van der Waals surface area (Å²) in [7, 11) is 0. The van der Waals surface area contributed by atoms with Crippen LogP contribution in [-0.4, -0.2) is 17.6 Å². The van der Waals surface area contributed by atoms with Gasteiger partial charge in [-0.3, -0.25) is 4.79 Å². The molecule has 0 atom stereocenters.